The molecule has 15 heavy (non-hydrogen) atoms. The summed E-state index contributed by atoms with van der Waals surface area (Å²) in [5.74, 6) is 0.238. The van der Waals surface area contributed by atoms with Gasteiger partial charge in [-0.25, -0.2) is 4.79 Å². The molecule has 0 saturated carbocycles. The van der Waals surface area contributed by atoms with Crippen molar-refractivity contribution >= 4 is 43.7 Å². The van der Waals surface area contributed by atoms with Crippen LogP contribution >= 0.6 is 0 Å². The van der Waals surface area contributed by atoms with Crippen molar-refractivity contribution in [2.24, 2.45) is 0 Å². The summed E-state index contributed by atoms with van der Waals surface area (Å²) < 4.78 is 10.1. The molecule has 4 nitrogen and oxygen atoms in total. The summed E-state index contributed by atoms with van der Waals surface area (Å²) in [6, 6.07) is 6.75. The summed E-state index contributed by atoms with van der Waals surface area (Å²) in [6.07, 6.45) is -0.844. The van der Waals surface area contributed by atoms with Crippen LogP contribution in [-0.2, 0) is 4.79 Å². The SMILES string of the molecule is COc1ccc(OC(C)C(=O)O)cc1.[CaH2]. The molecule has 0 radical (unpaired) electrons. The number of hydrogen-bond acceptors (Lipinski definition) is 3. The Morgan fingerprint density at radius 2 is 1.73 bits per heavy atom. The van der Waals surface area contributed by atoms with Gasteiger partial charge in [-0.2, -0.15) is 0 Å². The van der Waals surface area contributed by atoms with Gasteiger partial charge >= 0.3 is 43.7 Å². The van der Waals surface area contributed by atoms with E-state index in [0.717, 1.165) is 0 Å². The molecule has 80 valence electrons. The number of aliphatic carboxylic acids is 1. The fraction of sp³-hybridized carbons (Fsp3) is 0.300. The van der Waals surface area contributed by atoms with Crippen molar-refractivity contribution in [1.82, 2.24) is 0 Å². The molecule has 0 spiro atoms. The van der Waals surface area contributed by atoms with Crippen molar-refractivity contribution in [3.63, 3.8) is 0 Å². The summed E-state index contributed by atoms with van der Waals surface area (Å²) in [4.78, 5) is 10.5. The molecular formula is C10H14CaO4. The monoisotopic (exact) mass is 238 g/mol. The van der Waals surface area contributed by atoms with Crippen molar-refractivity contribution in [3.05, 3.63) is 24.3 Å². The fourth-order valence-electron chi connectivity index (χ4n) is 0.909. The maximum atomic E-state index is 10.5. The Balaban J connectivity index is 0.00000196. The molecule has 1 rings (SSSR count). The van der Waals surface area contributed by atoms with E-state index in [1.54, 1.807) is 31.4 Å². The second-order valence-corrected chi connectivity index (χ2v) is 2.77. The summed E-state index contributed by atoms with van der Waals surface area (Å²) in [5.41, 5.74) is 0. The van der Waals surface area contributed by atoms with E-state index in [4.69, 9.17) is 14.6 Å². The maximum absolute atomic E-state index is 10.5. The third kappa shape index (κ3) is 4.73. The Morgan fingerprint density at radius 3 is 2.13 bits per heavy atom. The molecule has 1 N–H and O–H groups in total. The molecule has 0 fully saturated rings. The molecule has 1 atom stereocenters. The first-order valence-corrected chi connectivity index (χ1v) is 4.17. The molecule has 1 unspecified atom stereocenters. The number of carboxylic acids is 1. The van der Waals surface area contributed by atoms with Crippen molar-refractivity contribution in [2.75, 3.05) is 7.11 Å². The Hall–Kier alpha value is -0.450. The number of benzene rings is 1. The summed E-state index contributed by atoms with van der Waals surface area (Å²) in [6.45, 7) is 1.48. The van der Waals surface area contributed by atoms with E-state index in [-0.39, 0.29) is 37.7 Å². The number of carbonyl (C=O) groups is 1. The summed E-state index contributed by atoms with van der Waals surface area (Å²) >= 11 is 0. The van der Waals surface area contributed by atoms with E-state index in [9.17, 15) is 4.79 Å². The van der Waals surface area contributed by atoms with E-state index in [1.165, 1.54) is 6.92 Å². The summed E-state index contributed by atoms with van der Waals surface area (Å²) in [7, 11) is 1.57. The van der Waals surface area contributed by atoms with Crippen LogP contribution in [0.3, 0.4) is 0 Å². The van der Waals surface area contributed by atoms with Gasteiger partial charge in [0.1, 0.15) is 11.5 Å². The van der Waals surface area contributed by atoms with Gasteiger partial charge in [0.05, 0.1) is 7.11 Å². The minimum atomic E-state index is -0.985. The molecule has 0 heterocycles. The molecule has 1 aromatic carbocycles. The number of hydrogen-bond donors (Lipinski definition) is 1. The summed E-state index contributed by atoms with van der Waals surface area (Å²) in [5, 5.41) is 8.59. The van der Waals surface area contributed by atoms with E-state index in [1.807, 2.05) is 0 Å². The Kier molecular flexibility index (Phi) is 6.72. The molecule has 0 aliphatic carbocycles. The average molecular weight is 238 g/mol. The first-order chi connectivity index (χ1) is 6.63. The van der Waals surface area contributed by atoms with Gasteiger partial charge in [-0.15, -0.1) is 0 Å². The predicted molar refractivity (Wildman–Crippen MR) is 59.3 cm³/mol. The molecule has 1 aromatic rings. The van der Waals surface area contributed by atoms with Gasteiger partial charge in [0.15, 0.2) is 6.10 Å². The first-order valence-electron chi connectivity index (χ1n) is 4.17. The van der Waals surface area contributed by atoms with Gasteiger partial charge in [0.25, 0.3) is 0 Å². The molecule has 5 heteroatoms. The van der Waals surface area contributed by atoms with Crippen LogP contribution in [0, 0.1) is 0 Å². The number of rotatable bonds is 4. The van der Waals surface area contributed by atoms with Crippen molar-refractivity contribution < 1.29 is 19.4 Å². The first kappa shape index (κ1) is 14.5. The van der Waals surface area contributed by atoms with Gasteiger partial charge in [0.2, 0.25) is 0 Å². The zero-order valence-electron chi connectivity index (χ0n) is 8.06. The van der Waals surface area contributed by atoms with Crippen molar-refractivity contribution in [3.8, 4) is 11.5 Å². The van der Waals surface area contributed by atoms with Crippen molar-refractivity contribution in [2.45, 2.75) is 13.0 Å². The van der Waals surface area contributed by atoms with Crippen LogP contribution in [0.15, 0.2) is 24.3 Å². The molecule has 0 amide bonds. The topological polar surface area (TPSA) is 55.8 Å². The third-order valence-electron chi connectivity index (χ3n) is 1.72. The predicted octanol–water partition coefficient (Wildman–Crippen LogP) is 0.631. The van der Waals surface area contributed by atoms with Crippen LogP contribution in [0.1, 0.15) is 6.92 Å². The molecule has 0 bridgehead atoms. The Morgan fingerprint density at radius 1 is 1.27 bits per heavy atom. The minimum absolute atomic E-state index is 0. The van der Waals surface area contributed by atoms with Crippen LogP contribution in [0.2, 0.25) is 0 Å². The number of ether oxygens (including phenoxy) is 2. The molecule has 0 aromatic heterocycles. The van der Waals surface area contributed by atoms with Crippen LogP contribution in [0.5, 0.6) is 11.5 Å². The Bertz CT molecular complexity index is 310. The van der Waals surface area contributed by atoms with Crippen LogP contribution in [0.25, 0.3) is 0 Å². The number of carboxylic acid groups (broad SMARTS) is 1. The normalized spacial score (nSPS) is 11.1. The quantitative estimate of drug-likeness (QED) is 0.782. The van der Waals surface area contributed by atoms with Crippen LogP contribution < -0.4 is 9.47 Å². The van der Waals surface area contributed by atoms with Crippen LogP contribution in [0.4, 0.5) is 0 Å². The second-order valence-electron chi connectivity index (χ2n) is 2.77. The molecular weight excluding hydrogens is 224 g/mol. The van der Waals surface area contributed by atoms with E-state index >= 15 is 0 Å². The van der Waals surface area contributed by atoms with Gasteiger partial charge in [-0.1, -0.05) is 0 Å². The second kappa shape index (κ2) is 6.93. The average Bonchev–Trinajstić information content (AvgIpc) is 2.19. The molecule has 0 aliphatic rings. The van der Waals surface area contributed by atoms with Gasteiger partial charge in [0, 0.05) is 0 Å². The van der Waals surface area contributed by atoms with Gasteiger partial charge < -0.3 is 14.6 Å². The Labute approximate surface area is 118 Å². The fourth-order valence-corrected chi connectivity index (χ4v) is 0.909. The third-order valence-corrected chi connectivity index (χ3v) is 1.72. The zero-order valence-corrected chi connectivity index (χ0v) is 8.06. The molecule has 0 saturated heterocycles. The van der Waals surface area contributed by atoms with E-state index in [0.29, 0.717) is 11.5 Å². The van der Waals surface area contributed by atoms with Crippen LogP contribution in [-0.4, -0.2) is 62.0 Å². The van der Waals surface area contributed by atoms with E-state index < -0.39 is 12.1 Å². The van der Waals surface area contributed by atoms with Gasteiger partial charge in [-0.3, -0.25) is 0 Å². The van der Waals surface area contributed by atoms with Crippen molar-refractivity contribution in [1.29, 1.82) is 0 Å². The van der Waals surface area contributed by atoms with E-state index in [2.05, 4.69) is 0 Å². The van der Waals surface area contributed by atoms with Gasteiger partial charge in [-0.05, 0) is 31.2 Å². The standard InChI is InChI=1S/C10H12O4.Ca.2H/c1-7(10(11)12)14-9-5-3-8(13-2)4-6-9;;;/h3-7H,1-2H3,(H,11,12);;;. The zero-order chi connectivity index (χ0) is 10.6. The molecule has 0 aliphatic heterocycles. The number of methoxy groups -OCH3 is 1.